The molecule has 0 unspecified atom stereocenters. The van der Waals surface area contributed by atoms with Crippen molar-refractivity contribution in [3.8, 4) is 0 Å². The number of carbonyl (C=O) groups excluding carboxylic acids is 1. The van der Waals surface area contributed by atoms with E-state index in [0.29, 0.717) is 17.3 Å². The molecule has 0 aliphatic rings. The van der Waals surface area contributed by atoms with E-state index in [2.05, 4.69) is 29.7 Å². The van der Waals surface area contributed by atoms with Gasteiger partial charge in [0, 0.05) is 17.8 Å². The van der Waals surface area contributed by atoms with Gasteiger partial charge in [-0.3, -0.25) is 0 Å². The summed E-state index contributed by atoms with van der Waals surface area (Å²) in [5, 5.41) is 7.69. The maximum Gasteiger partial charge on any atom is 0.341 e. The van der Waals surface area contributed by atoms with Gasteiger partial charge in [0.1, 0.15) is 5.00 Å². The molecule has 0 radical (unpaired) electrons. The summed E-state index contributed by atoms with van der Waals surface area (Å²) in [7, 11) is 0. The first kappa shape index (κ1) is 21.4. The Bertz CT molecular complexity index is 729. The van der Waals surface area contributed by atoms with Crippen LogP contribution in [0.25, 0.3) is 0 Å². The molecule has 6 heteroatoms. The number of rotatable bonds is 10. The highest BCUT2D eigenvalue weighted by Crippen LogP contribution is 2.30. The first-order valence-electron chi connectivity index (χ1n) is 9.52. The van der Waals surface area contributed by atoms with Gasteiger partial charge in [-0.15, -0.1) is 11.3 Å². The lowest BCUT2D eigenvalue weighted by Crippen LogP contribution is -2.29. The number of esters is 1. The average Bonchev–Trinajstić information content (AvgIpc) is 3.05. The molecular weight excluding hydrogens is 376 g/mol. The summed E-state index contributed by atoms with van der Waals surface area (Å²) >= 11 is 6.94. The standard InChI is InChI=1S/C21H28N2O2S2/c1-3-5-6-10-13-22-21(26)23-19-18(20(24)25-4-2)15-17(27-19)14-16-11-8-7-9-12-16/h7-9,11-12,15H,3-6,10,13-14H2,1-2H3,(H2,22,23,26). The van der Waals surface area contributed by atoms with Crippen molar-refractivity contribution in [1.29, 1.82) is 0 Å². The highest BCUT2D eigenvalue weighted by Gasteiger charge is 2.18. The van der Waals surface area contributed by atoms with Crippen LogP contribution in [0.4, 0.5) is 5.00 Å². The lowest BCUT2D eigenvalue weighted by molar-refractivity contribution is 0.0528. The Kier molecular flexibility index (Phi) is 9.28. The molecule has 2 rings (SSSR count). The third kappa shape index (κ3) is 7.31. The lowest BCUT2D eigenvalue weighted by Gasteiger charge is -2.10. The molecule has 0 atom stereocenters. The van der Waals surface area contributed by atoms with Crippen LogP contribution >= 0.6 is 23.6 Å². The predicted molar refractivity (Wildman–Crippen MR) is 118 cm³/mol. The molecule has 0 aliphatic carbocycles. The van der Waals surface area contributed by atoms with Crippen molar-refractivity contribution < 1.29 is 9.53 Å². The lowest BCUT2D eigenvalue weighted by atomic mass is 10.1. The molecule has 0 fully saturated rings. The van der Waals surface area contributed by atoms with Crippen molar-refractivity contribution in [2.75, 3.05) is 18.5 Å². The minimum absolute atomic E-state index is 0.318. The van der Waals surface area contributed by atoms with E-state index in [1.165, 1.54) is 24.8 Å². The second-order valence-electron chi connectivity index (χ2n) is 6.28. The van der Waals surface area contributed by atoms with E-state index in [1.54, 1.807) is 11.3 Å². The van der Waals surface area contributed by atoms with Crippen LogP contribution in [0.1, 0.15) is 60.3 Å². The Hall–Kier alpha value is -1.92. The molecule has 2 N–H and O–H groups in total. The topological polar surface area (TPSA) is 50.4 Å². The molecule has 146 valence electrons. The van der Waals surface area contributed by atoms with Crippen LogP contribution in [0.5, 0.6) is 0 Å². The Morgan fingerprint density at radius 2 is 1.93 bits per heavy atom. The maximum atomic E-state index is 12.3. The molecule has 4 nitrogen and oxygen atoms in total. The predicted octanol–water partition coefficient (Wildman–Crippen LogP) is 5.38. The van der Waals surface area contributed by atoms with Gasteiger partial charge in [-0.2, -0.15) is 0 Å². The monoisotopic (exact) mass is 404 g/mol. The third-order valence-corrected chi connectivity index (χ3v) is 5.34. The number of hydrogen-bond acceptors (Lipinski definition) is 4. The molecule has 1 heterocycles. The number of thiophene rings is 1. The molecule has 0 bridgehead atoms. The number of hydrogen-bond donors (Lipinski definition) is 2. The minimum atomic E-state index is -0.318. The van der Waals surface area contributed by atoms with Crippen LogP contribution in [0, 0.1) is 0 Å². The number of nitrogens with one attached hydrogen (secondary N) is 2. The molecule has 0 aliphatic heterocycles. The molecule has 0 saturated carbocycles. The Morgan fingerprint density at radius 1 is 1.15 bits per heavy atom. The summed E-state index contributed by atoms with van der Waals surface area (Å²) in [5.41, 5.74) is 1.75. The third-order valence-electron chi connectivity index (χ3n) is 4.04. The summed E-state index contributed by atoms with van der Waals surface area (Å²) < 4.78 is 5.20. The van der Waals surface area contributed by atoms with E-state index in [1.807, 2.05) is 31.2 Å². The van der Waals surface area contributed by atoms with Gasteiger partial charge < -0.3 is 15.4 Å². The summed E-state index contributed by atoms with van der Waals surface area (Å²) in [6, 6.07) is 12.1. The number of thiocarbonyl (C=S) groups is 1. The van der Waals surface area contributed by atoms with Gasteiger partial charge in [0.05, 0.1) is 12.2 Å². The van der Waals surface area contributed by atoms with Gasteiger partial charge >= 0.3 is 5.97 Å². The van der Waals surface area contributed by atoms with Crippen LogP contribution in [0.2, 0.25) is 0 Å². The number of benzene rings is 1. The van der Waals surface area contributed by atoms with E-state index >= 15 is 0 Å². The zero-order valence-corrected chi connectivity index (χ0v) is 17.7. The minimum Gasteiger partial charge on any atom is -0.462 e. The van der Waals surface area contributed by atoms with Crippen molar-refractivity contribution in [3.05, 3.63) is 52.4 Å². The van der Waals surface area contributed by atoms with Gasteiger partial charge in [0.2, 0.25) is 0 Å². The van der Waals surface area contributed by atoms with Gasteiger partial charge in [-0.1, -0.05) is 56.5 Å². The second kappa shape index (κ2) is 11.7. The zero-order chi connectivity index (χ0) is 19.5. The van der Waals surface area contributed by atoms with Crippen molar-refractivity contribution >= 4 is 39.6 Å². The first-order valence-corrected chi connectivity index (χ1v) is 10.7. The molecular formula is C21H28N2O2S2. The highest BCUT2D eigenvalue weighted by atomic mass is 32.1. The number of ether oxygens (including phenoxy) is 1. The van der Waals surface area contributed by atoms with Crippen molar-refractivity contribution in [1.82, 2.24) is 5.32 Å². The van der Waals surface area contributed by atoms with Crippen LogP contribution < -0.4 is 10.6 Å². The van der Waals surface area contributed by atoms with Gasteiger partial charge in [0.25, 0.3) is 0 Å². The van der Waals surface area contributed by atoms with E-state index in [-0.39, 0.29) is 5.97 Å². The largest absolute Gasteiger partial charge is 0.462 e. The maximum absolute atomic E-state index is 12.3. The molecule has 0 amide bonds. The van der Waals surface area contributed by atoms with Crippen LogP contribution in [-0.2, 0) is 11.2 Å². The SMILES string of the molecule is CCCCCCNC(=S)Nc1sc(Cc2ccccc2)cc1C(=O)OCC. The van der Waals surface area contributed by atoms with E-state index in [4.69, 9.17) is 17.0 Å². The van der Waals surface area contributed by atoms with Gasteiger partial charge in [-0.25, -0.2) is 4.79 Å². The highest BCUT2D eigenvalue weighted by molar-refractivity contribution is 7.80. The quantitative estimate of drug-likeness (QED) is 0.316. The van der Waals surface area contributed by atoms with Gasteiger partial charge in [0.15, 0.2) is 5.11 Å². The molecule has 0 spiro atoms. The van der Waals surface area contributed by atoms with Crippen LogP contribution in [0.3, 0.4) is 0 Å². The van der Waals surface area contributed by atoms with Crippen molar-refractivity contribution in [3.63, 3.8) is 0 Å². The Labute approximate surface area is 171 Å². The van der Waals surface area contributed by atoms with E-state index in [9.17, 15) is 4.79 Å². The summed E-state index contributed by atoms with van der Waals surface area (Å²) in [6.45, 7) is 5.19. The molecule has 0 saturated heterocycles. The smallest absolute Gasteiger partial charge is 0.341 e. The summed E-state index contributed by atoms with van der Waals surface area (Å²) in [5.74, 6) is -0.318. The van der Waals surface area contributed by atoms with E-state index < -0.39 is 0 Å². The van der Waals surface area contributed by atoms with E-state index in [0.717, 1.165) is 29.3 Å². The van der Waals surface area contributed by atoms with Crippen LogP contribution in [-0.4, -0.2) is 24.2 Å². The Morgan fingerprint density at radius 3 is 2.63 bits per heavy atom. The molecule has 1 aromatic heterocycles. The summed E-state index contributed by atoms with van der Waals surface area (Å²) in [4.78, 5) is 13.4. The fourth-order valence-corrected chi connectivity index (χ4v) is 4.03. The molecule has 1 aromatic carbocycles. The summed E-state index contributed by atoms with van der Waals surface area (Å²) in [6.07, 6.45) is 5.51. The van der Waals surface area contributed by atoms with Crippen molar-refractivity contribution in [2.45, 2.75) is 46.0 Å². The number of anilines is 1. The zero-order valence-electron chi connectivity index (χ0n) is 16.0. The fraction of sp³-hybridized carbons (Fsp3) is 0.429. The van der Waals surface area contributed by atoms with Crippen LogP contribution in [0.15, 0.2) is 36.4 Å². The normalized spacial score (nSPS) is 10.4. The number of carbonyl (C=O) groups is 1. The number of unbranched alkanes of at least 4 members (excludes halogenated alkanes) is 3. The second-order valence-corrected chi connectivity index (χ2v) is 7.82. The van der Waals surface area contributed by atoms with Crippen molar-refractivity contribution in [2.24, 2.45) is 0 Å². The molecule has 27 heavy (non-hydrogen) atoms. The average molecular weight is 405 g/mol. The Balaban J connectivity index is 2.03. The van der Waals surface area contributed by atoms with Gasteiger partial charge in [-0.05, 0) is 37.2 Å². The first-order chi connectivity index (χ1) is 13.1. The molecule has 2 aromatic rings. The fourth-order valence-electron chi connectivity index (χ4n) is 2.68.